The van der Waals surface area contributed by atoms with Crippen LogP contribution in [-0.2, 0) is 6.54 Å². The minimum absolute atomic E-state index is 0. The topological polar surface area (TPSA) is 44.3 Å². The molecule has 0 saturated heterocycles. The molecule has 15 heavy (non-hydrogen) atoms. The first-order chi connectivity index (χ1) is 6.83. The summed E-state index contributed by atoms with van der Waals surface area (Å²) in [6.45, 7) is 5.81. The normalized spacial score (nSPS) is 10.0. The second-order valence-corrected chi connectivity index (χ2v) is 4.54. The van der Waals surface area contributed by atoms with E-state index in [0.717, 1.165) is 19.6 Å². The van der Waals surface area contributed by atoms with Crippen LogP contribution in [0.1, 0.15) is 9.75 Å². The molecule has 0 spiro atoms. The second kappa shape index (κ2) is 9.12. The number of rotatable bonds is 7. The van der Waals surface area contributed by atoms with Crippen LogP contribution in [-0.4, -0.2) is 31.3 Å². The lowest BCUT2D eigenvalue weighted by Crippen LogP contribution is -3.00. The Hall–Kier alpha value is -0.130. The summed E-state index contributed by atoms with van der Waals surface area (Å²) in [5.74, 6) is 0. The largest absolute Gasteiger partial charge is 1.00 e. The Morgan fingerprint density at radius 1 is 1.20 bits per heavy atom. The van der Waals surface area contributed by atoms with Gasteiger partial charge in [-0.2, -0.15) is 0 Å². The molecule has 1 aromatic rings. The lowest BCUT2D eigenvalue weighted by atomic mass is 10.4. The maximum atomic E-state index is 8.52. The molecule has 0 radical (unpaired) electrons. The average Bonchev–Trinajstić information content (AvgIpc) is 2.58. The maximum Gasteiger partial charge on any atom is 0.0555 e. The molecule has 88 valence electrons. The number of halogens is 1. The highest BCUT2D eigenvalue weighted by Gasteiger charge is 1.95. The Labute approximate surface area is 101 Å². The zero-order chi connectivity index (χ0) is 10.2. The van der Waals surface area contributed by atoms with Crippen molar-refractivity contribution in [1.29, 1.82) is 0 Å². The number of hydrogen-bond acceptors (Lipinski definition) is 4. The Bertz CT molecular complexity index is 255. The van der Waals surface area contributed by atoms with E-state index in [1.165, 1.54) is 9.75 Å². The molecular weight excluding hydrogens is 232 g/mol. The van der Waals surface area contributed by atoms with Crippen molar-refractivity contribution in [3.8, 4) is 0 Å². The first-order valence-corrected chi connectivity index (χ1v) is 5.72. The molecule has 0 amide bonds. The van der Waals surface area contributed by atoms with Crippen molar-refractivity contribution in [2.45, 2.75) is 13.5 Å². The summed E-state index contributed by atoms with van der Waals surface area (Å²) >= 11 is 1.83. The van der Waals surface area contributed by atoms with Crippen LogP contribution in [0.2, 0.25) is 0 Å². The summed E-state index contributed by atoms with van der Waals surface area (Å²) in [5.41, 5.74) is 0. The van der Waals surface area contributed by atoms with Crippen LogP contribution in [0.5, 0.6) is 0 Å². The van der Waals surface area contributed by atoms with Gasteiger partial charge >= 0.3 is 0 Å². The molecule has 0 aliphatic carbocycles. The highest BCUT2D eigenvalue weighted by atomic mass is 35.5. The molecule has 0 saturated carbocycles. The molecule has 0 aliphatic heterocycles. The van der Waals surface area contributed by atoms with Crippen LogP contribution in [0.4, 0.5) is 0 Å². The molecule has 1 rings (SSSR count). The lowest BCUT2D eigenvalue weighted by Gasteiger charge is -2.03. The standard InChI is InChI=1S/C10H18N2OS.ClH/c1-9-2-3-10(14-9)8-12-5-4-11-6-7-13;/h2-3,11-13H,4-8H2,1H3;1H/p-1. The minimum atomic E-state index is 0. The summed E-state index contributed by atoms with van der Waals surface area (Å²) in [6.07, 6.45) is 0. The molecule has 0 aliphatic rings. The number of hydrogen-bond donors (Lipinski definition) is 3. The summed E-state index contributed by atoms with van der Waals surface area (Å²) in [5, 5.41) is 15.0. The molecule has 0 aromatic carbocycles. The minimum Gasteiger partial charge on any atom is -1.00 e. The van der Waals surface area contributed by atoms with Crippen molar-refractivity contribution in [3.05, 3.63) is 21.9 Å². The average molecular weight is 250 g/mol. The van der Waals surface area contributed by atoms with Crippen LogP contribution in [0.3, 0.4) is 0 Å². The molecule has 0 atom stereocenters. The van der Waals surface area contributed by atoms with Crippen molar-refractivity contribution in [2.75, 3.05) is 26.2 Å². The molecule has 0 unspecified atom stereocenters. The third kappa shape index (κ3) is 6.87. The number of aliphatic hydroxyl groups excluding tert-OH is 1. The van der Waals surface area contributed by atoms with Gasteiger partial charge in [-0.25, -0.2) is 0 Å². The fourth-order valence-electron chi connectivity index (χ4n) is 1.17. The van der Waals surface area contributed by atoms with Crippen LogP contribution in [0.25, 0.3) is 0 Å². The van der Waals surface area contributed by atoms with Crippen LogP contribution in [0, 0.1) is 6.92 Å². The zero-order valence-electron chi connectivity index (χ0n) is 8.92. The van der Waals surface area contributed by atoms with Gasteiger partial charge in [-0.1, -0.05) is 0 Å². The SMILES string of the molecule is Cc1ccc(CNCCNCCO)s1.[Cl-]. The predicted molar refractivity (Wildman–Crippen MR) is 60.7 cm³/mol. The number of nitrogens with one attached hydrogen (secondary N) is 2. The van der Waals surface area contributed by atoms with Gasteiger partial charge < -0.3 is 28.1 Å². The Morgan fingerprint density at radius 3 is 2.53 bits per heavy atom. The van der Waals surface area contributed by atoms with E-state index in [1.54, 1.807) is 0 Å². The van der Waals surface area contributed by atoms with E-state index < -0.39 is 0 Å². The summed E-state index contributed by atoms with van der Waals surface area (Å²) < 4.78 is 0. The van der Waals surface area contributed by atoms with E-state index in [0.29, 0.717) is 6.54 Å². The van der Waals surface area contributed by atoms with Crippen LogP contribution < -0.4 is 23.0 Å². The Morgan fingerprint density at radius 2 is 1.93 bits per heavy atom. The third-order valence-electron chi connectivity index (χ3n) is 1.86. The number of aryl methyl sites for hydroxylation is 1. The number of thiophene rings is 1. The molecular formula is C10H18ClN2OS-. The molecule has 1 aromatic heterocycles. The number of aliphatic hydroxyl groups is 1. The predicted octanol–water partition coefficient (Wildman–Crippen LogP) is -2.27. The van der Waals surface area contributed by atoms with Gasteiger partial charge in [0.1, 0.15) is 0 Å². The van der Waals surface area contributed by atoms with E-state index in [4.69, 9.17) is 5.11 Å². The maximum absolute atomic E-state index is 8.52. The first kappa shape index (κ1) is 14.9. The fourth-order valence-corrected chi connectivity index (χ4v) is 2.03. The van der Waals surface area contributed by atoms with Gasteiger partial charge in [0.25, 0.3) is 0 Å². The van der Waals surface area contributed by atoms with Gasteiger partial charge in [-0.05, 0) is 19.1 Å². The summed E-state index contributed by atoms with van der Waals surface area (Å²) in [6, 6.07) is 4.31. The van der Waals surface area contributed by atoms with Crippen molar-refractivity contribution in [1.82, 2.24) is 10.6 Å². The molecule has 0 bridgehead atoms. The van der Waals surface area contributed by atoms with E-state index in [9.17, 15) is 0 Å². The molecule has 5 heteroatoms. The quantitative estimate of drug-likeness (QED) is 0.478. The lowest BCUT2D eigenvalue weighted by molar-refractivity contribution is -0.00000400. The van der Waals surface area contributed by atoms with E-state index in [1.807, 2.05) is 11.3 Å². The van der Waals surface area contributed by atoms with Crippen molar-refractivity contribution >= 4 is 11.3 Å². The summed E-state index contributed by atoms with van der Waals surface area (Å²) in [7, 11) is 0. The van der Waals surface area contributed by atoms with Crippen molar-refractivity contribution in [3.63, 3.8) is 0 Å². The fraction of sp³-hybridized carbons (Fsp3) is 0.600. The van der Waals surface area contributed by atoms with E-state index in [2.05, 4.69) is 29.7 Å². The second-order valence-electron chi connectivity index (χ2n) is 3.16. The monoisotopic (exact) mass is 249 g/mol. The van der Waals surface area contributed by atoms with Crippen molar-refractivity contribution < 1.29 is 17.5 Å². The van der Waals surface area contributed by atoms with Gasteiger partial charge in [0.15, 0.2) is 0 Å². The third-order valence-corrected chi connectivity index (χ3v) is 2.86. The van der Waals surface area contributed by atoms with Gasteiger partial charge in [0.2, 0.25) is 0 Å². The molecule has 3 nitrogen and oxygen atoms in total. The van der Waals surface area contributed by atoms with Gasteiger partial charge in [0.05, 0.1) is 6.61 Å². The van der Waals surface area contributed by atoms with Crippen LogP contribution in [0.15, 0.2) is 12.1 Å². The van der Waals surface area contributed by atoms with E-state index >= 15 is 0 Å². The molecule has 0 fully saturated rings. The highest BCUT2D eigenvalue weighted by molar-refractivity contribution is 7.11. The van der Waals surface area contributed by atoms with Crippen LogP contribution >= 0.6 is 11.3 Å². The highest BCUT2D eigenvalue weighted by Crippen LogP contribution is 2.13. The Balaban J connectivity index is 0.00000196. The van der Waals surface area contributed by atoms with Gasteiger partial charge in [-0.15, -0.1) is 11.3 Å². The summed E-state index contributed by atoms with van der Waals surface area (Å²) in [4.78, 5) is 2.74. The smallest absolute Gasteiger partial charge is 0.0555 e. The van der Waals surface area contributed by atoms with Crippen molar-refractivity contribution in [2.24, 2.45) is 0 Å². The zero-order valence-corrected chi connectivity index (χ0v) is 10.5. The van der Waals surface area contributed by atoms with Gasteiger partial charge in [0, 0.05) is 35.9 Å². The van der Waals surface area contributed by atoms with E-state index in [-0.39, 0.29) is 19.0 Å². The molecule has 1 heterocycles. The van der Waals surface area contributed by atoms with Gasteiger partial charge in [-0.3, -0.25) is 0 Å². The molecule has 3 N–H and O–H groups in total. The Kier molecular flexibility index (Phi) is 9.04. The first-order valence-electron chi connectivity index (χ1n) is 4.90.